The van der Waals surface area contributed by atoms with Crippen LogP contribution >= 0.6 is 0 Å². The van der Waals surface area contributed by atoms with E-state index in [0.717, 1.165) is 6.07 Å². The molecule has 0 amide bonds. The van der Waals surface area contributed by atoms with Crippen molar-refractivity contribution in [3.63, 3.8) is 0 Å². The number of alkyl halides is 3. The molecule has 0 bridgehead atoms. The molecule has 1 unspecified atom stereocenters. The average Bonchev–Trinajstić information content (AvgIpc) is 2.31. The Morgan fingerprint density at radius 3 is 2.00 bits per heavy atom. The minimum atomic E-state index is -5.08. The lowest BCUT2D eigenvalue weighted by Gasteiger charge is -2.06. The van der Waals surface area contributed by atoms with E-state index in [4.69, 9.17) is 15.6 Å². The monoisotopic (exact) mass is 317 g/mol. The standard InChI is InChI=1S/C10H12F3N.C2HF3O2/c1-6(14)2-3-7-4-9(12)10(13)5-8(7)11;3-2(4,5)1(6)7/h4-6H,2-3,14H2,1H3;(H,6,7). The van der Waals surface area contributed by atoms with Gasteiger partial charge in [0.15, 0.2) is 11.6 Å². The third-order valence-electron chi connectivity index (χ3n) is 2.20. The number of hydrogen-bond donors (Lipinski definition) is 2. The van der Waals surface area contributed by atoms with Crippen LogP contribution in [0, 0.1) is 17.5 Å². The fraction of sp³-hybridized carbons (Fsp3) is 0.417. The second kappa shape index (κ2) is 7.87. The molecule has 0 heterocycles. The molecule has 0 fully saturated rings. The zero-order valence-corrected chi connectivity index (χ0v) is 10.8. The largest absolute Gasteiger partial charge is 0.490 e. The number of halogens is 6. The van der Waals surface area contributed by atoms with E-state index in [1.54, 1.807) is 6.92 Å². The first-order chi connectivity index (χ1) is 9.45. The van der Waals surface area contributed by atoms with Gasteiger partial charge in [0.05, 0.1) is 0 Å². The molecule has 1 aromatic rings. The van der Waals surface area contributed by atoms with E-state index < -0.39 is 29.6 Å². The molecule has 3 nitrogen and oxygen atoms in total. The Bertz CT molecular complexity index is 487. The molecule has 21 heavy (non-hydrogen) atoms. The third-order valence-corrected chi connectivity index (χ3v) is 2.20. The lowest BCUT2D eigenvalue weighted by Crippen LogP contribution is -2.21. The summed E-state index contributed by atoms with van der Waals surface area (Å²) in [4.78, 5) is 8.90. The van der Waals surface area contributed by atoms with Gasteiger partial charge in [-0.1, -0.05) is 0 Å². The molecule has 1 atom stereocenters. The fourth-order valence-electron chi connectivity index (χ4n) is 1.14. The van der Waals surface area contributed by atoms with Crippen molar-refractivity contribution >= 4 is 5.97 Å². The van der Waals surface area contributed by atoms with Gasteiger partial charge < -0.3 is 10.8 Å². The molecule has 0 radical (unpaired) electrons. The third kappa shape index (κ3) is 7.54. The molecule has 0 aliphatic carbocycles. The molecule has 1 aromatic carbocycles. The maximum atomic E-state index is 13.0. The average molecular weight is 317 g/mol. The van der Waals surface area contributed by atoms with Crippen LogP contribution in [0.4, 0.5) is 26.3 Å². The highest BCUT2D eigenvalue weighted by Gasteiger charge is 2.38. The summed E-state index contributed by atoms with van der Waals surface area (Å²) in [5.41, 5.74) is 5.64. The van der Waals surface area contributed by atoms with Crippen LogP contribution in [0.2, 0.25) is 0 Å². The van der Waals surface area contributed by atoms with E-state index in [0.29, 0.717) is 18.9 Å². The van der Waals surface area contributed by atoms with E-state index in [1.807, 2.05) is 0 Å². The summed E-state index contributed by atoms with van der Waals surface area (Å²) >= 11 is 0. The van der Waals surface area contributed by atoms with Gasteiger partial charge in [-0.3, -0.25) is 0 Å². The van der Waals surface area contributed by atoms with E-state index in [2.05, 4.69) is 0 Å². The summed E-state index contributed by atoms with van der Waals surface area (Å²) in [5, 5.41) is 7.12. The molecule has 0 aromatic heterocycles. The van der Waals surface area contributed by atoms with Crippen molar-refractivity contribution in [3.8, 4) is 0 Å². The molecule has 3 N–H and O–H groups in total. The zero-order chi connectivity index (χ0) is 16.8. The number of carboxylic acid groups (broad SMARTS) is 1. The molecule has 0 spiro atoms. The van der Waals surface area contributed by atoms with Gasteiger partial charge in [0, 0.05) is 12.1 Å². The van der Waals surface area contributed by atoms with E-state index in [-0.39, 0.29) is 11.6 Å². The predicted octanol–water partition coefficient (Wildman–Crippen LogP) is 3.02. The Morgan fingerprint density at radius 1 is 1.19 bits per heavy atom. The molecular weight excluding hydrogens is 304 g/mol. The summed E-state index contributed by atoms with van der Waals surface area (Å²) in [5.74, 6) is -5.66. The maximum Gasteiger partial charge on any atom is 0.490 e. The second-order valence-corrected chi connectivity index (χ2v) is 4.18. The molecule has 9 heteroatoms. The van der Waals surface area contributed by atoms with Crippen LogP contribution in [0.25, 0.3) is 0 Å². The number of carbonyl (C=O) groups is 1. The first-order valence-electron chi connectivity index (χ1n) is 5.64. The first kappa shape index (κ1) is 19.2. The Hall–Kier alpha value is -1.77. The Kier molecular flexibility index (Phi) is 7.20. The minimum Gasteiger partial charge on any atom is -0.475 e. The molecular formula is C12H13F6NO2. The topological polar surface area (TPSA) is 63.3 Å². The van der Waals surface area contributed by atoms with Gasteiger partial charge in [0.25, 0.3) is 0 Å². The van der Waals surface area contributed by atoms with Gasteiger partial charge in [-0.15, -0.1) is 0 Å². The number of benzene rings is 1. The van der Waals surface area contributed by atoms with Gasteiger partial charge in [-0.2, -0.15) is 13.2 Å². The van der Waals surface area contributed by atoms with Crippen molar-refractivity contribution in [3.05, 3.63) is 35.1 Å². The van der Waals surface area contributed by atoms with Crippen molar-refractivity contribution in [2.45, 2.75) is 32.0 Å². The second-order valence-electron chi connectivity index (χ2n) is 4.18. The summed E-state index contributed by atoms with van der Waals surface area (Å²) < 4.78 is 70.0. The van der Waals surface area contributed by atoms with Crippen LogP contribution in [0.15, 0.2) is 12.1 Å². The lowest BCUT2D eigenvalue weighted by molar-refractivity contribution is -0.192. The minimum absolute atomic E-state index is 0.0810. The van der Waals surface area contributed by atoms with Gasteiger partial charge in [-0.05, 0) is 31.4 Å². The smallest absolute Gasteiger partial charge is 0.475 e. The van der Waals surface area contributed by atoms with Crippen molar-refractivity contribution in [2.24, 2.45) is 5.73 Å². The molecule has 120 valence electrons. The summed E-state index contributed by atoms with van der Waals surface area (Å²) in [6.07, 6.45) is -4.22. The highest BCUT2D eigenvalue weighted by atomic mass is 19.4. The summed E-state index contributed by atoms with van der Waals surface area (Å²) in [6.45, 7) is 1.78. The van der Waals surface area contributed by atoms with Gasteiger partial charge in [-0.25, -0.2) is 18.0 Å². The first-order valence-corrected chi connectivity index (χ1v) is 5.64. The zero-order valence-electron chi connectivity index (χ0n) is 10.8. The van der Waals surface area contributed by atoms with E-state index in [9.17, 15) is 26.3 Å². The van der Waals surface area contributed by atoms with E-state index in [1.165, 1.54) is 0 Å². The van der Waals surface area contributed by atoms with Crippen LogP contribution in [-0.2, 0) is 11.2 Å². The van der Waals surface area contributed by atoms with Crippen LogP contribution in [-0.4, -0.2) is 23.3 Å². The SMILES string of the molecule is CC(N)CCc1cc(F)c(F)cc1F.O=C(O)C(F)(F)F. The summed E-state index contributed by atoms with van der Waals surface area (Å²) in [6, 6.07) is 1.36. The normalized spacial score (nSPS) is 12.4. The van der Waals surface area contributed by atoms with Crippen LogP contribution < -0.4 is 5.73 Å². The maximum absolute atomic E-state index is 13.0. The van der Waals surface area contributed by atoms with Crippen molar-refractivity contribution < 1.29 is 36.2 Å². The van der Waals surface area contributed by atoms with E-state index >= 15 is 0 Å². The molecule has 0 aliphatic heterocycles. The number of nitrogens with two attached hydrogens (primary N) is 1. The molecule has 0 aliphatic rings. The van der Waals surface area contributed by atoms with Crippen molar-refractivity contribution in [1.29, 1.82) is 0 Å². The number of hydrogen-bond acceptors (Lipinski definition) is 2. The van der Waals surface area contributed by atoms with Crippen LogP contribution in [0.5, 0.6) is 0 Å². The van der Waals surface area contributed by atoms with Crippen molar-refractivity contribution in [2.75, 3.05) is 0 Å². The number of rotatable bonds is 3. The van der Waals surface area contributed by atoms with Crippen LogP contribution in [0.3, 0.4) is 0 Å². The number of aliphatic carboxylic acids is 1. The Labute approximate surface area is 116 Å². The molecule has 0 saturated carbocycles. The van der Waals surface area contributed by atoms with Gasteiger partial charge in [0.2, 0.25) is 0 Å². The quantitative estimate of drug-likeness (QED) is 0.665. The number of aryl methyl sites for hydroxylation is 1. The highest BCUT2D eigenvalue weighted by molar-refractivity contribution is 5.73. The van der Waals surface area contributed by atoms with Gasteiger partial charge in [0.1, 0.15) is 5.82 Å². The lowest BCUT2D eigenvalue weighted by atomic mass is 10.1. The van der Waals surface area contributed by atoms with Crippen LogP contribution in [0.1, 0.15) is 18.9 Å². The molecule has 1 rings (SSSR count). The molecule has 0 saturated heterocycles. The Balaban J connectivity index is 0.000000486. The van der Waals surface area contributed by atoms with Crippen molar-refractivity contribution in [1.82, 2.24) is 0 Å². The Morgan fingerprint density at radius 2 is 1.62 bits per heavy atom. The predicted molar refractivity (Wildman–Crippen MR) is 62.0 cm³/mol. The summed E-state index contributed by atoms with van der Waals surface area (Å²) in [7, 11) is 0. The number of carboxylic acids is 1. The highest BCUT2D eigenvalue weighted by Crippen LogP contribution is 2.15. The fourth-order valence-corrected chi connectivity index (χ4v) is 1.14. The van der Waals surface area contributed by atoms with Gasteiger partial charge >= 0.3 is 12.1 Å².